The van der Waals surface area contributed by atoms with Crippen LogP contribution >= 0.6 is 0 Å². The third-order valence-electron chi connectivity index (χ3n) is 4.23. The molecule has 0 spiro atoms. The highest BCUT2D eigenvalue weighted by molar-refractivity contribution is 5.74. The van der Waals surface area contributed by atoms with Crippen LogP contribution < -0.4 is 5.32 Å². The zero-order valence-corrected chi connectivity index (χ0v) is 14.3. The molecule has 1 unspecified atom stereocenters. The molecule has 132 valence electrons. The average molecular weight is 340 g/mol. The van der Waals surface area contributed by atoms with Gasteiger partial charge < -0.3 is 15.0 Å². The highest BCUT2D eigenvalue weighted by Gasteiger charge is 2.18. The highest BCUT2D eigenvalue weighted by atomic mass is 16.5. The fraction of sp³-hybridized carbons (Fsp3) is 0.421. The molecule has 1 N–H and O–H groups in total. The first-order chi connectivity index (χ1) is 12.3. The van der Waals surface area contributed by atoms with E-state index < -0.39 is 0 Å². The van der Waals surface area contributed by atoms with Gasteiger partial charge in [-0.3, -0.25) is 9.97 Å². The maximum atomic E-state index is 12.7. The Bertz CT molecular complexity index is 603. The minimum absolute atomic E-state index is 0.0955. The van der Waals surface area contributed by atoms with E-state index in [1.54, 1.807) is 29.7 Å². The predicted molar refractivity (Wildman–Crippen MR) is 94.7 cm³/mol. The molecular formula is C19H24N4O2. The Morgan fingerprint density at radius 3 is 2.32 bits per heavy atom. The Labute approximate surface area is 148 Å². The number of pyridine rings is 2. The molecule has 1 aliphatic heterocycles. The van der Waals surface area contributed by atoms with Gasteiger partial charge in [-0.25, -0.2) is 4.79 Å². The largest absolute Gasteiger partial charge is 0.376 e. The van der Waals surface area contributed by atoms with Gasteiger partial charge in [0.05, 0.1) is 6.10 Å². The first-order valence-electron chi connectivity index (χ1n) is 8.73. The number of aromatic nitrogens is 2. The first-order valence-corrected chi connectivity index (χ1v) is 8.73. The van der Waals surface area contributed by atoms with Gasteiger partial charge in [0.15, 0.2) is 0 Å². The maximum absolute atomic E-state index is 12.7. The van der Waals surface area contributed by atoms with Crippen molar-refractivity contribution in [2.75, 3.05) is 13.2 Å². The summed E-state index contributed by atoms with van der Waals surface area (Å²) in [5.74, 6) is 0. The molecule has 2 aromatic heterocycles. The normalized spacial score (nSPS) is 17.0. The fourth-order valence-corrected chi connectivity index (χ4v) is 2.90. The lowest BCUT2D eigenvalue weighted by Crippen LogP contribution is -2.43. The summed E-state index contributed by atoms with van der Waals surface area (Å²) in [6, 6.07) is 7.61. The maximum Gasteiger partial charge on any atom is 0.318 e. The van der Waals surface area contributed by atoms with Crippen molar-refractivity contribution in [2.45, 2.75) is 38.5 Å². The summed E-state index contributed by atoms with van der Waals surface area (Å²) >= 11 is 0. The number of rotatable bonds is 6. The molecule has 0 aliphatic carbocycles. The molecule has 0 saturated carbocycles. The molecule has 1 fully saturated rings. The fourth-order valence-electron chi connectivity index (χ4n) is 2.90. The van der Waals surface area contributed by atoms with Crippen LogP contribution in [0.3, 0.4) is 0 Å². The standard InChI is InChI=1S/C19H24N4O2/c24-19(22-13-18-7-1-2-10-25-18)23(14-16-5-3-8-20-11-16)15-17-6-4-9-21-12-17/h3-6,8-9,11-12,18H,1-2,7,10,13-15H2,(H,22,24). The minimum atomic E-state index is -0.0955. The van der Waals surface area contributed by atoms with E-state index >= 15 is 0 Å². The number of urea groups is 1. The number of hydrogen-bond donors (Lipinski definition) is 1. The molecule has 1 atom stereocenters. The van der Waals surface area contributed by atoms with Gasteiger partial charge in [0.1, 0.15) is 0 Å². The summed E-state index contributed by atoms with van der Waals surface area (Å²) in [5, 5.41) is 3.01. The van der Waals surface area contributed by atoms with Gasteiger partial charge in [-0.15, -0.1) is 0 Å². The molecule has 3 rings (SSSR count). The van der Waals surface area contributed by atoms with Crippen LogP contribution in [0.15, 0.2) is 49.1 Å². The summed E-state index contributed by atoms with van der Waals surface area (Å²) in [6.45, 7) is 2.34. The van der Waals surface area contributed by atoms with Gasteiger partial charge in [-0.2, -0.15) is 0 Å². The second-order valence-corrected chi connectivity index (χ2v) is 6.25. The van der Waals surface area contributed by atoms with Gasteiger partial charge in [0.2, 0.25) is 0 Å². The third-order valence-corrected chi connectivity index (χ3v) is 4.23. The van der Waals surface area contributed by atoms with Crippen LogP contribution in [0.5, 0.6) is 0 Å². The van der Waals surface area contributed by atoms with Crippen LogP contribution in [-0.2, 0) is 17.8 Å². The van der Waals surface area contributed by atoms with E-state index in [2.05, 4.69) is 15.3 Å². The molecule has 1 saturated heterocycles. The summed E-state index contributed by atoms with van der Waals surface area (Å²) in [7, 11) is 0. The van der Waals surface area contributed by atoms with Crippen molar-refractivity contribution in [2.24, 2.45) is 0 Å². The van der Waals surface area contributed by atoms with Crippen LogP contribution in [0.1, 0.15) is 30.4 Å². The monoisotopic (exact) mass is 340 g/mol. The van der Waals surface area contributed by atoms with E-state index in [0.29, 0.717) is 19.6 Å². The molecule has 6 heteroatoms. The van der Waals surface area contributed by atoms with Crippen LogP contribution in [0.25, 0.3) is 0 Å². The number of nitrogens with zero attached hydrogens (tertiary/aromatic N) is 3. The molecule has 2 aromatic rings. The number of amides is 2. The van der Waals surface area contributed by atoms with Gasteiger partial charge >= 0.3 is 6.03 Å². The molecule has 3 heterocycles. The summed E-state index contributed by atoms with van der Waals surface area (Å²) in [6.07, 6.45) is 10.4. The Kier molecular flexibility index (Phi) is 6.34. The van der Waals surface area contributed by atoms with E-state index in [1.165, 1.54) is 0 Å². The topological polar surface area (TPSA) is 67.3 Å². The van der Waals surface area contributed by atoms with Crippen LogP contribution in [0, 0.1) is 0 Å². The molecular weight excluding hydrogens is 316 g/mol. The number of carbonyl (C=O) groups excluding carboxylic acids is 1. The van der Waals surface area contributed by atoms with E-state index in [4.69, 9.17) is 4.74 Å². The SMILES string of the molecule is O=C(NCC1CCCCO1)N(Cc1cccnc1)Cc1cccnc1. The third kappa shape index (κ3) is 5.53. The summed E-state index contributed by atoms with van der Waals surface area (Å²) in [4.78, 5) is 22.8. The minimum Gasteiger partial charge on any atom is -0.376 e. The van der Waals surface area contributed by atoms with E-state index in [0.717, 1.165) is 37.0 Å². The van der Waals surface area contributed by atoms with Crippen molar-refractivity contribution in [3.05, 3.63) is 60.2 Å². The van der Waals surface area contributed by atoms with Crippen molar-refractivity contribution < 1.29 is 9.53 Å². The Balaban J connectivity index is 1.62. The lowest BCUT2D eigenvalue weighted by Gasteiger charge is -2.26. The highest BCUT2D eigenvalue weighted by Crippen LogP contribution is 2.13. The predicted octanol–water partition coefficient (Wildman–Crippen LogP) is 2.76. The lowest BCUT2D eigenvalue weighted by molar-refractivity contribution is 0.0176. The lowest BCUT2D eigenvalue weighted by atomic mass is 10.1. The Hall–Kier alpha value is -2.47. The number of nitrogens with one attached hydrogen (secondary N) is 1. The van der Waals surface area contributed by atoms with Crippen LogP contribution in [-0.4, -0.2) is 40.2 Å². The van der Waals surface area contributed by atoms with Crippen LogP contribution in [0.2, 0.25) is 0 Å². The molecule has 25 heavy (non-hydrogen) atoms. The number of carbonyl (C=O) groups is 1. The zero-order chi connectivity index (χ0) is 17.3. The van der Waals surface area contributed by atoms with E-state index in [1.807, 2.05) is 24.3 Å². The van der Waals surface area contributed by atoms with Gasteiger partial charge in [-0.05, 0) is 42.5 Å². The second-order valence-electron chi connectivity index (χ2n) is 6.25. The van der Waals surface area contributed by atoms with Gasteiger partial charge in [-0.1, -0.05) is 12.1 Å². The van der Waals surface area contributed by atoms with Crippen molar-refractivity contribution in [3.63, 3.8) is 0 Å². The molecule has 0 aromatic carbocycles. The van der Waals surface area contributed by atoms with Crippen molar-refractivity contribution in [3.8, 4) is 0 Å². The van der Waals surface area contributed by atoms with E-state index in [9.17, 15) is 4.79 Å². The molecule has 0 radical (unpaired) electrons. The smallest absolute Gasteiger partial charge is 0.318 e. The van der Waals surface area contributed by atoms with Crippen molar-refractivity contribution >= 4 is 6.03 Å². The van der Waals surface area contributed by atoms with Gasteiger partial charge in [0, 0.05) is 51.0 Å². The second kappa shape index (κ2) is 9.13. The quantitative estimate of drug-likeness (QED) is 0.878. The van der Waals surface area contributed by atoms with E-state index in [-0.39, 0.29) is 12.1 Å². The Morgan fingerprint density at radius 1 is 1.12 bits per heavy atom. The molecule has 2 amide bonds. The molecule has 0 bridgehead atoms. The van der Waals surface area contributed by atoms with Crippen molar-refractivity contribution in [1.82, 2.24) is 20.2 Å². The summed E-state index contributed by atoms with van der Waals surface area (Å²) < 4.78 is 5.69. The summed E-state index contributed by atoms with van der Waals surface area (Å²) in [5.41, 5.74) is 1.99. The number of hydrogen-bond acceptors (Lipinski definition) is 4. The molecule has 6 nitrogen and oxygen atoms in total. The first kappa shape index (κ1) is 17.4. The zero-order valence-electron chi connectivity index (χ0n) is 14.3. The van der Waals surface area contributed by atoms with Gasteiger partial charge in [0.25, 0.3) is 0 Å². The Morgan fingerprint density at radius 2 is 1.80 bits per heavy atom. The van der Waals surface area contributed by atoms with Crippen LogP contribution in [0.4, 0.5) is 4.79 Å². The van der Waals surface area contributed by atoms with Crippen molar-refractivity contribution in [1.29, 1.82) is 0 Å². The molecule has 1 aliphatic rings. The number of ether oxygens (including phenoxy) is 1. The average Bonchev–Trinajstić information content (AvgIpc) is 2.68.